The predicted molar refractivity (Wildman–Crippen MR) is 66.4 cm³/mol. The summed E-state index contributed by atoms with van der Waals surface area (Å²) in [6, 6.07) is 4.13. The summed E-state index contributed by atoms with van der Waals surface area (Å²) in [5.74, 6) is -3.51. The van der Waals surface area contributed by atoms with Gasteiger partial charge in [0.2, 0.25) is 0 Å². The molecule has 2 rings (SSSR count). The second-order valence-corrected chi connectivity index (χ2v) is 3.97. The van der Waals surface area contributed by atoms with Crippen molar-refractivity contribution in [2.24, 2.45) is 0 Å². The van der Waals surface area contributed by atoms with Crippen LogP contribution in [0.25, 0.3) is 11.1 Å². The van der Waals surface area contributed by atoms with E-state index in [-0.39, 0.29) is 16.7 Å². The maximum atomic E-state index is 13.4. The number of hydrogen-bond donors (Lipinski definition) is 3. The highest BCUT2D eigenvalue weighted by Gasteiger charge is 2.13. The van der Waals surface area contributed by atoms with E-state index in [0.29, 0.717) is 0 Å². The molecular weight excluding hydrogens is 269 g/mol. The number of aromatic carboxylic acids is 2. The zero-order valence-corrected chi connectivity index (χ0v) is 9.88. The first-order valence-corrected chi connectivity index (χ1v) is 5.39. The first-order valence-electron chi connectivity index (χ1n) is 5.39. The fourth-order valence-electron chi connectivity index (χ4n) is 1.69. The summed E-state index contributed by atoms with van der Waals surface area (Å²) in [6.45, 7) is 0. The molecule has 0 amide bonds. The number of aromatic amines is 1. The maximum Gasteiger partial charge on any atom is 0.341 e. The Morgan fingerprint density at radius 1 is 1.00 bits per heavy atom. The molecule has 6 nitrogen and oxygen atoms in total. The van der Waals surface area contributed by atoms with E-state index in [1.807, 2.05) is 0 Å². The van der Waals surface area contributed by atoms with Gasteiger partial charge in [-0.05, 0) is 35.4 Å². The van der Waals surface area contributed by atoms with Crippen molar-refractivity contribution in [3.8, 4) is 11.1 Å². The van der Waals surface area contributed by atoms with Gasteiger partial charge in [-0.3, -0.25) is 4.79 Å². The normalized spacial score (nSPS) is 10.2. The van der Waals surface area contributed by atoms with Crippen LogP contribution in [0.15, 0.2) is 35.3 Å². The average molecular weight is 277 g/mol. The van der Waals surface area contributed by atoms with E-state index in [9.17, 15) is 18.8 Å². The Morgan fingerprint density at radius 2 is 1.70 bits per heavy atom. The monoisotopic (exact) mass is 277 g/mol. The molecule has 1 aromatic heterocycles. The molecule has 0 saturated carbocycles. The zero-order chi connectivity index (χ0) is 14.9. The van der Waals surface area contributed by atoms with E-state index in [0.717, 1.165) is 18.2 Å². The van der Waals surface area contributed by atoms with E-state index in [2.05, 4.69) is 4.98 Å². The van der Waals surface area contributed by atoms with Gasteiger partial charge >= 0.3 is 11.9 Å². The number of hydrogen-bond acceptors (Lipinski definition) is 3. The number of carboxylic acids is 2. The first kappa shape index (κ1) is 13.5. The first-order chi connectivity index (χ1) is 9.38. The molecule has 1 heterocycles. The van der Waals surface area contributed by atoms with Crippen molar-refractivity contribution in [2.45, 2.75) is 0 Å². The van der Waals surface area contributed by atoms with E-state index in [1.54, 1.807) is 0 Å². The van der Waals surface area contributed by atoms with Crippen LogP contribution < -0.4 is 5.56 Å². The van der Waals surface area contributed by atoms with Crippen molar-refractivity contribution in [3.05, 3.63) is 57.8 Å². The number of pyridine rings is 1. The number of carboxylic acid groups (broad SMARTS) is 2. The number of halogens is 1. The Kier molecular flexibility index (Phi) is 3.34. The lowest BCUT2D eigenvalue weighted by Crippen LogP contribution is -2.16. The van der Waals surface area contributed by atoms with Crippen LogP contribution in [-0.4, -0.2) is 27.1 Å². The molecule has 0 bridgehead atoms. The van der Waals surface area contributed by atoms with E-state index >= 15 is 0 Å². The third-order valence-corrected chi connectivity index (χ3v) is 2.61. The summed E-state index contributed by atoms with van der Waals surface area (Å²) in [7, 11) is 0. The van der Waals surface area contributed by atoms with Crippen LogP contribution in [0.2, 0.25) is 0 Å². The van der Waals surface area contributed by atoms with Crippen LogP contribution in [-0.2, 0) is 0 Å². The number of nitrogens with one attached hydrogen (secondary N) is 1. The van der Waals surface area contributed by atoms with Gasteiger partial charge in [0.15, 0.2) is 0 Å². The number of aromatic nitrogens is 1. The van der Waals surface area contributed by atoms with Crippen LogP contribution in [0.1, 0.15) is 20.7 Å². The van der Waals surface area contributed by atoms with Gasteiger partial charge in [-0.25, -0.2) is 14.0 Å². The van der Waals surface area contributed by atoms with Gasteiger partial charge in [0.05, 0.1) is 5.56 Å². The highest BCUT2D eigenvalue weighted by molar-refractivity contribution is 5.91. The van der Waals surface area contributed by atoms with E-state index in [1.165, 1.54) is 12.3 Å². The zero-order valence-electron chi connectivity index (χ0n) is 9.88. The summed E-state index contributed by atoms with van der Waals surface area (Å²) >= 11 is 0. The minimum absolute atomic E-state index is 0.154. The van der Waals surface area contributed by atoms with Crippen LogP contribution in [0.5, 0.6) is 0 Å². The second-order valence-electron chi connectivity index (χ2n) is 3.97. The van der Waals surface area contributed by atoms with Gasteiger partial charge < -0.3 is 15.2 Å². The summed E-state index contributed by atoms with van der Waals surface area (Å²) in [4.78, 5) is 35.2. The Hall–Kier alpha value is -2.96. The third kappa shape index (κ3) is 2.56. The van der Waals surface area contributed by atoms with Gasteiger partial charge in [-0.2, -0.15) is 0 Å². The quantitative estimate of drug-likeness (QED) is 0.789. The Labute approximate surface area is 111 Å². The molecular formula is C13H8FNO5. The average Bonchev–Trinajstić information content (AvgIpc) is 2.38. The molecule has 7 heteroatoms. The van der Waals surface area contributed by atoms with Gasteiger partial charge in [-0.1, -0.05) is 0 Å². The predicted octanol–water partition coefficient (Wildman–Crippen LogP) is 1.58. The van der Waals surface area contributed by atoms with Gasteiger partial charge in [-0.15, -0.1) is 0 Å². The van der Waals surface area contributed by atoms with Gasteiger partial charge in [0, 0.05) is 6.20 Å². The van der Waals surface area contributed by atoms with Crippen LogP contribution in [0.4, 0.5) is 4.39 Å². The Bertz CT molecular complexity index is 766. The SMILES string of the molecule is O=C(O)c1cc(F)cc(-c2c[nH]c(=O)c(C(=O)O)c2)c1. The summed E-state index contributed by atoms with van der Waals surface area (Å²) in [5.41, 5.74) is -1.23. The van der Waals surface area contributed by atoms with Crippen LogP contribution in [0, 0.1) is 5.82 Å². The summed E-state index contributed by atoms with van der Waals surface area (Å²) < 4.78 is 13.4. The van der Waals surface area contributed by atoms with Gasteiger partial charge in [0.1, 0.15) is 11.4 Å². The Morgan fingerprint density at radius 3 is 2.30 bits per heavy atom. The fraction of sp³-hybridized carbons (Fsp3) is 0. The molecule has 0 fully saturated rings. The number of benzene rings is 1. The smallest absolute Gasteiger partial charge is 0.341 e. The Balaban J connectivity index is 2.62. The minimum atomic E-state index is -1.43. The number of H-pyrrole nitrogens is 1. The molecule has 0 unspecified atom stereocenters. The number of rotatable bonds is 3. The molecule has 0 saturated heterocycles. The van der Waals surface area contributed by atoms with Crippen molar-refractivity contribution >= 4 is 11.9 Å². The van der Waals surface area contributed by atoms with Crippen molar-refractivity contribution in [1.29, 1.82) is 0 Å². The molecule has 3 N–H and O–H groups in total. The third-order valence-electron chi connectivity index (χ3n) is 2.61. The summed E-state index contributed by atoms with van der Waals surface area (Å²) in [5, 5.41) is 17.7. The van der Waals surface area contributed by atoms with E-state index < -0.39 is 28.9 Å². The lowest BCUT2D eigenvalue weighted by Gasteiger charge is -2.05. The minimum Gasteiger partial charge on any atom is -0.478 e. The topological polar surface area (TPSA) is 107 Å². The maximum absolute atomic E-state index is 13.4. The van der Waals surface area contributed by atoms with Crippen LogP contribution in [0.3, 0.4) is 0 Å². The highest BCUT2D eigenvalue weighted by atomic mass is 19.1. The van der Waals surface area contributed by atoms with Crippen molar-refractivity contribution in [3.63, 3.8) is 0 Å². The fourth-order valence-corrected chi connectivity index (χ4v) is 1.69. The molecule has 102 valence electrons. The number of carbonyl (C=O) groups is 2. The second kappa shape index (κ2) is 4.96. The lowest BCUT2D eigenvalue weighted by molar-refractivity contribution is 0.0684. The molecule has 0 aliphatic rings. The molecule has 20 heavy (non-hydrogen) atoms. The van der Waals surface area contributed by atoms with Crippen LogP contribution >= 0.6 is 0 Å². The molecule has 2 aromatic rings. The molecule has 0 atom stereocenters. The van der Waals surface area contributed by atoms with Gasteiger partial charge in [0.25, 0.3) is 5.56 Å². The molecule has 1 aromatic carbocycles. The molecule has 0 spiro atoms. The molecule has 0 radical (unpaired) electrons. The van der Waals surface area contributed by atoms with Crippen molar-refractivity contribution in [2.75, 3.05) is 0 Å². The van der Waals surface area contributed by atoms with Crippen molar-refractivity contribution in [1.82, 2.24) is 4.98 Å². The standard InChI is InChI=1S/C13H8FNO5/c14-9-2-6(1-7(3-9)12(17)18)8-4-10(13(19)20)11(16)15-5-8/h1-5H,(H,15,16)(H,17,18)(H,19,20). The molecule has 0 aliphatic heterocycles. The highest BCUT2D eigenvalue weighted by Crippen LogP contribution is 2.21. The van der Waals surface area contributed by atoms with Crippen molar-refractivity contribution < 1.29 is 24.2 Å². The largest absolute Gasteiger partial charge is 0.478 e. The van der Waals surface area contributed by atoms with E-state index in [4.69, 9.17) is 10.2 Å². The molecule has 0 aliphatic carbocycles. The lowest BCUT2D eigenvalue weighted by atomic mass is 10.0. The summed E-state index contributed by atoms with van der Waals surface area (Å²) in [6.07, 6.45) is 1.19.